The number of nitrogens with one attached hydrogen (secondary N) is 1. The largest absolute Gasteiger partial charge is 0.351 e. The summed E-state index contributed by atoms with van der Waals surface area (Å²) in [7, 11) is 0. The van der Waals surface area contributed by atoms with Gasteiger partial charge in [-0.05, 0) is 38.4 Å². The minimum Gasteiger partial charge on any atom is -0.351 e. The molecule has 8 nitrogen and oxygen atoms in total. The molecule has 5 rings (SSSR count). The summed E-state index contributed by atoms with van der Waals surface area (Å²) in [5.41, 5.74) is -0.166. The number of carbonyl (C=O) groups excluding carboxylic acids is 3. The van der Waals surface area contributed by atoms with Crippen molar-refractivity contribution in [3.05, 3.63) is 29.8 Å². The lowest BCUT2D eigenvalue weighted by molar-refractivity contribution is -0.134. The fourth-order valence-corrected chi connectivity index (χ4v) is 5.58. The highest BCUT2D eigenvalue weighted by Gasteiger charge is 2.63. The molecule has 3 amide bonds. The van der Waals surface area contributed by atoms with Gasteiger partial charge in [-0.15, -0.1) is 0 Å². The Morgan fingerprint density at radius 3 is 2.56 bits per heavy atom. The number of hydrogen-bond acceptors (Lipinski definition) is 5. The lowest BCUT2D eigenvalue weighted by Crippen LogP contribution is -2.71. The van der Waals surface area contributed by atoms with E-state index in [4.69, 9.17) is 0 Å². The third-order valence-corrected chi connectivity index (χ3v) is 7.61. The number of para-hydroxylation sites is 1. The number of carbonyl (C=O) groups is 3. The Bertz CT molecular complexity index is 924. The number of fused-ring (bicyclic) bond motifs is 3. The molecule has 0 bridgehead atoms. The van der Waals surface area contributed by atoms with Gasteiger partial charge in [-0.3, -0.25) is 24.2 Å². The lowest BCUT2D eigenvalue weighted by Gasteiger charge is -2.49. The summed E-state index contributed by atoms with van der Waals surface area (Å²) < 4.78 is 0. The minimum absolute atomic E-state index is 0.0227. The Morgan fingerprint density at radius 1 is 1.16 bits per heavy atom. The van der Waals surface area contributed by atoms with Gasteiger partial charge in [0.1, 0.15) is 0 Å². The molecule has 1 N–H and O–H groups in total. The van der Waals surface area contributed by atoms with Crippen LogP contribution in [0.25, 0.3) is 0 Å². The van der Waals surface area contributed by atoms with Gasteiger partial charge in [-0.1, -0.05) is 19.1 Å². The molecule has 172 valence electrons. The Balaban J connectivity index is 1.39. The Kier molecular flexibility index (Phi) is 5.45. The van der Waals surface area contributed by atoms with Gasteiger partial charge in [0.25, 0.3) is 11.8 Å². The average Bonchev–Trinajstić information content (AvgIpc) is 3.59. The van der Waals surface area contributed by atoms with Crippen molar-refractivity contribution in [2.75, 3.05) is 44.2 Å². The van der Waals surface area contributed by atoms with E-state index < -0.39 is 5.66 Å². The molecule has 8 heteroatoms. The van der Waals surface area contributed by atoms with Crippen molar-refractivity contribution in [2.45, 2.75) is 57.3 Å². The highest BCUT2D eigenvalue weighted by molar-refractivity contribution is 6.16. The Morgan fingerprint density at radius 2 is 1.88 bits per heavy atom. The van der Waals surface area contributed by atoms with E-state index in [-0.39, 0.29) is 36.2 Å². The van der Waals surface area contributed by atoms with E-state index in [1.54, 1.807) is 21.9 Å². The number of amides is 3. The van der Waals surface area contributed by atoms with Crippen LogP contribution in [-0.2, 0) is 9.59 Å². The molecule has 1 aromatic rings. The Labute approximate surface area is 189 Å². The van der Waals surface area contributed by atoms with Crippen molar-refractivity contribution < 1.29 is 14.4 Å². The molecule has 4 aliphatic rings. The van der Waals surface area contributed by atoms with Gasteiger partial charge in [0.2, 0.25) is 11.6 Å². The second-order valence-corrected chi connectivity index (χ2v) is 9.50. The van der Waals surface area contributed by atoms with Crippen molar-refractivity contribution in [3.63, 3.8) is 0 Å². The quantitative estimate of drug-likeness (QED) is 0.723. The number of rotatable bonds is 6. The molecule has 0 unspecified atom stereocenters. The molecule has 0 aromatic heterocycles. The third kappa shape index (κ3) is 3.31. The molecule has 2 saturated heterocycles. The molecule has 1 aromatic carbocycles. The first-order valence-electron chi connectivity index (χ1n) is 12.0. The number of likely N-dealkylation sites (N-methyl/N-ethyl adjacent to an activating group) is 1. The molecule has 2 atom stereocenters. The topological polar surface area (TPSA) is 76.2 Å². The van der Waals surface area contributed by atoms with Crippen LogP contribution in [0.2, 0.25) is 0 Å². The molecule has 1 aliphatic carbocycles. The van der Waals surface area contributed by atoms with E-state index in [1.807, 2.05) is 12.1 Å². The molecule has 0 spiro atoms. The van der Waals surface area contributed by atoms with Crippen molar-refractivity contribution in [3.8, 4) is 0 Å². The minimum atomic E-state index is -1.25. The number of hydrogen-bond donors (Lipinski definition) is 1. The second-order valence-electron chi connectivity index (χ2n) is 9.50. The van der Waals surface area contributed by atoms with Gasteiger partial charge in [-0.2, -0.15) is 0 Å². The smallest absolute Gasteiger partial charge is 0.267 e. The molecule has 3 aliphatic heterocycles. The molecule has 0 radical (unpaired) electrons. The molecular weight excluding hydrogens is 406 g/mol. The van der Waals surface area contributed by atoms with Crippen molar-refractivity contribution >= 4 is 23.4 Å². The van der Waals surface area contributed by atoms with Gasteiger partial charge in [0.15, 0.2) is 0 Å². The zero-order valence-corrected chi connectivity index (χ0v) is 19.0. The first-order chi connectivity index (χ1) is 15.5. The summed E-state index contributed by atoms with van der Waals surface area (Å²) in [6.07, 6.45) is 2.37. The summed E-state index contributed by atoms with van der Waals surface area (Å²) in [4.78, 5) is 48.5. The van der Waals surface area contributed by atoms with Crippen molar-refractivity contribution in [1.82, 2.24) is 20.0 Å². The first kappa shape index (κ1) is 21.4. The van der Waals surface area contributed by atoms with E-state index in [2.05, 4.69) is 29.0 Å². The average molecular weight is 440 g/mol. The van der Waals surface area contributed by atoms with Crippen LogP contribution >= 0.6 is 0 Å². The van der Waals surface area contributed by atoms with Crippen LogP contribution in [0.4, 0.5) is 5.69 Å². The maximum Gasteiger partial charge on any atom is 0.267 e. The number of benzene rings is 1. The third-order valence-electron chi connectivity index (χ3n) is 7.61. The van der Waals surface area contributed by atoms with Gasteiger partial charge in [-0.25, -0.2) is 0 Å². The van der Waals surface area contributed by atoms with E-state index in [1.165, 1.54) is 0 Å². The van der Waals surface area contributed by atoms with E-state index >= 15 is 0 Å². The predicted molar refractivity (Wildman–Crippen MR) is 121 cm³/mol. The van der Waals surface area contributed by atoms with Gasteiger partial charge < -0.3 is 15.1 Å². The molecule has 1 saturated carbocycles. The first-order valence-corrected chi connectivity index (χ1v) is 12.0. The fourth-order valence-electron chi connectivity index (χ4n) is 5.58. The van der Waals surface area contributed by atoms with Crippen LogP contribution in [0.15, 0.2) is 24.3 Å². The van der Waals surface area contributed by atoms with Crippen molar-refractivity contribution in [2.24, 2.45) is 0 Å². The number of anilines is 1. The number of nitrogens with zero attached hydrogens (tertiary/aromatic N) is 4. The van der Waals surface area contributed by atoms with Crippen LogP contribution in [-0.4, -0.2) is 89.4 Å². The van der Waals surface area contributed by atoms with Crippen molar-refractivity contribution in [1.29, 1.82) is 0 Å². The van der Waals surface area contributed by atoms with E-state index in [0.717, 1.165) is 45.6 Å². The van der Waals surface area contributed by atoms with Crippen LogP contribution in [0, 0.1) is 0 Å². The summed E-state index contributed by atoms with van der Waals surface area (Å²) in [5.74, 6) is -0.445. The van der Waals surface area contributed by atoms with Gasteiger partial charge in [0, 0.05) is 57.6 Å². The maximum atomic E-state index is 13.8. The molecular formula is C24H33N5O3. The van der Waals surface area contributed by atoms with Crippen LogP contribution in [0.3, 0.4) is 0 Å². The number of piperazine rings is 1. The summed E-state index contributed by atoms with van der Waals surface area (Å²) >= 11 is 0. The maximum absolute atomic E-state index is 13.8. The highest BCUT2D eigenvalue weighted by Crippen LogP contribution is 2.48. The van der Waals surface area contributed by atoms with E-state index in [0.29, 0.717) is 24.2 Å². The lowest BCUT2D eigenvalue weighted by atomic mass is 9.95. The fraction of sp³-hybridized carbons (Fsp3) is 0.625. The zero-order chi connectivity index (χ0) is 22.5. The van der Waals surface area contributed by atoms with Crippen LogP contribution in [0.1, 0.15) is 49.9 Å². The Hall–Kier alpha value is -2.45. The van der Waals surface area contributed by atoms with E-state index in [9.17, 15) is 14.4 Å². The zero-order valence-electron chi connectivity index (χ0n) is 19.0. The van der Waals surface area contributed by atoms with Crippen LogP contribution in [0.5, 0.6) is 0 Å². The SMILES string of the molecule is CCN1CCN([C@@H](C)CNC(=O)[C@@]23CCC(=O)N2c2ccccc2C(=O)N3C2CC2)CC1. The standard InChI is InChI=1S/C24H33N5O3/c1-3-26-12-14-27(15-13-26)17(2)16-25-23(32)24-11-10-21(30)29(24)20-7-5-4-6-19(20)22(31)28(24)18-8-9-18/h4-7,17-18H,3,8-16H2,1-2H3,(H,25,32)/t17-,24+/m0/s1. The summed E-state index contributed by atoms with van der Waals surface area (Å²) in [5, 5.41) is 3.14. The highest BCUT2D eigenvalue weighted by atomic mass is 16.2. The molecule has 32 heavy (non-hydrogen) atoms. The summed E-state index contributed by atoms with van der Waals surface area (Å²) in [6.45, 7) is 9.95. The molecule has 3 fully saturated rings. The summed E-state index contributed by atoms with van der Waals surface area (Å²) in [6, 6.07) is 7.41. The second kappa shape index (κ2) is 8.15. The predicted octanol–water partition coefficient (Wildman–Crippen LogP) is 1.27. The van der Waals surface area contributed by atoms with Crippen LogP contribution < -0.4 is 10.2 Å². The van der Waals surface area contributed by atoms with Gasteiger partial charge >= 0.3 is 0 Å². The monoisotopic (exact) mass is 439 g/mol. The van der Waals surface area contributed by atoms with Gasteiger partial charge in [0.05, 0.1) is 11.3 Å². The normalized spacial score (nSPS) is 27.3. The molecule has 3 heterocycles.